The quantitative estimate of drug-likeness (QED) is 0.846. The van der Waals surface area contributed by atoms with Crippen LogP contribution in [0.4, 0.5) is 4.79 Å². The average Bonchev–Trinajstić information content (AvgIpc) is 2.37. The molecule has 0 aliphatic heterocycles. The number of carbonyl (C=O) groups is 2. The fourth-order valence-electron chi connectivity index (χ4n) is 1.90. The molecule has 0 radical (unpaired) electrons. The molecule has 22 heavy (non-hydrogen) atoms. The highest BCUT2D eigenvalue weighted by atomic mass is 16.6. The maximum absolute atomic E-state index is 11.9. The Balaban J connectivity index is 2.42. The summed E-state index contributed by atoms with van der Waals surface area (Å²) in [5.74, 6) is -0.0726. The van der Waals surface area contributed by atoms with Gasteiger partial charge in [0.15, 0.2) is 0 Å². The standard InChI is InChI=1S/C17H25NO4/c1-12(18-16(21)22-17(2,3)4)15(20)11-14(19)10-13-8-6-5-7-9-13/h5-9,12,15,20H,10-11H2,1-4H3,(H,18,21)/t12-,15-/m0/s1. The van der Waals surface area contributed by atoms with E-state index in [-0.39, 0.29) is 18.6 Å². The molecule has 5 nitrogen and oxygen atoms in total. The van der Waals surface area contributed by atoms with Crippen molar-refractivity contribution in [1.29, 1.82) is 0 Å². The number of carbonyl (C=O) groups excluding carboxylic acids is 2. The molecule has 0 aliphatic carbocycles. The summed E-state index contributed by atoms with van der Waals surface area (Å²) in [6.07, 6.45) is -1.28. The molecule has 0 aliphatic rings. The lowest BCUT2D eigenvalue weighted by Gasteiger charge is -2.24. The van der Waals surface area contributed by atoms with E-state index in [0.29, 0.717) is 0 Å². The summed E-state index contributed by atoms with van der Waals surface area (Å²) in [4.78, 5) is 23.6. The fraction of sp³-hybridized carbons (Fsp3) is 0.529. The van der Waals surface area contributed by atoms with Crippen LogP contribution in [0, 0.1) is 0 Å². The number of hydrogen-bond acceptors (Lipinski definition) is 4. The lowest BCUT2D eigenvalue weighted by atomic mass is 10.0. The Morgan fingerprint density at radius 2 is 1.82 bits per heavy atom. The molecule has 1 rings (SSSR count). The van der Waals surface area contributed by atoms with E-state index in [1.807, 2.05) is 30.3 Å². The van der Waals surface area contributed by atoms with Gasteiger partial charge in [0.25, 0.3) is 0 Å². The molecule has 0 aromatic heterocycles. The number of benzene rings is 1. The average molecular weight is 307 g/mol. The largest absolute Gasteiger partial charge is 0.444 e. The summed E-state index contributed by atoms with van der Waals surface area (Å²) < 4.78 is 5.11. The highest BCUT2D eigenvalue weighted by Gasteiger charge is 2.23. The van der Waals surface area contributed by atoms with Crippen molar-refractivity contribution in [3.63, 3.8) is 0 Å². The Morgan fingerprint density at radius 1 is 1.23 bits per heavy atom. The number of ketones is 1. The maximum Gasteiger partial charge on any atom is 0.407 e. The first-order valence-corrected chi connectivity index (χ1v) is 7.40. The second-order valence-corrected chi connectivity index (χ2v) is 6.41. The second-order valence-electron chi connectivity index (χ2n) is 6.41. The van der Waals surface area contributed by atoms with Crippen molar-refractivity contribution in [1.82, 2.24) is 5.32 Å². The molecule has 0 fully saturated rings. The van der Waals surface area contributed by atoms with Crippen LogP contribution in [-0.4, -0.2) is 34.7 Å². The van der Waals surface area contributed by atoms with Gasteiger partial charge in [-0.25, -0.2) is 4.79 Å². The minimum Gasteiger partial charge on any atom is -0.444 e. The maximum atomic E-state index is 11.9. The molecule has 2 atom stereocenters. The number of alkyl carbamates (subject to hydrolysis) is 1. The highest BCUT2D eigenvalue weighted by Crippen LogP contribution is 2.09. The third-order valence-corrected chi connectivity index (χ3v) is 3.00. The second kappa shape index (κ2) is 7.94. The summed E-state index contributed by atoms with van der Waals surface area (Å²) in [5.41, 5.74) is 0.310. The van der Waals surface area contributed by atoms with E-state index >= 15 is 0 Å². The number of rotatable bonds is 6. The summed E-state index contributed by atoms with van der Waals surface area (Å²) >= 11 is 0. The van der Waals surface area contributed by atoms with Gasteiger partial charge in [0.1, 0.15) is 11.4 Å². The number of aliphatic hydroxyl groups excluding tert-OH is 1. The van der Waals surface area contributed by atoms with Gasteiger partial charge in [-0.3, -0.25) is 4.79 Å². The van der Waals surface area contributed by atoms with Crippen LogP contribution in [0.2, 0.25) is 0 Å². The van der Waals surface area contributed by atoms with Gasteiger partial charge in [-0.15, -0.1) is 0 Å². The molecule has 0 saturated carbocycles. The molecule has 1 amide bonds. The van der Waals surface area contributed by atoms with Gasteiger partial charge in [0.2, 0.25) is 0 Å². The first-order valence-electron chi connectivity index (χ1n) is 7.40. The van der Waals surface area contributed by atoms with Crippen LogP contribution in [0.3, 0.4) is 0 Å². The lowest BCUT2D eigenvalue weighted by molar-refractivity contribution is -0.120. The normalized spacial score (nSPS) is 14.0. The Morgan fingerprint density at radius 3 is 2.36 bits per heavy atom. The highest BCUT2D eigenvalue weighted by molar-refractivity contribution is 5.81. The first-order chi connectivity index (χ1) is 10.2. The van der Waals surface area contributed by atoms with Crippen molar-refractivity contribution in [3.8, 4) is 0 Å². The van der Waals surface area contributed by atoms with Crippen LogP contribution in [0.25, 0.3) is 0 Å². The summed E-state index contributed by atoms with van der Waals surface area (Å²) in [6, 6.07) is 8.79. The molecule has 1 aromatic rings. The zero-order chi connectivity index (χ0) is 16.8. The van der Waals surface area contributed by atoms with Crippen LogP contribution in [-0.2, 0) is 16.0 Å². The van der Waals surface area contributed by atoms with Gasteiger partial charge in [0.05, 0.1) is 12.1 Å². The lowest BCUT2D eigenvalue weighted by Crippen LogP contribution is -2.44. The van der Waals surface area contributed by atoms with Crippen LogP contribution in [0.5, 0.6) is 0 Å². The van der Waals surface area contributed by atoms with Gasteiger partial charge >= 0.3 is 6.09 Å². The van der Waals surface area contributed by atoms with Crippen LogP contribution in [0.1, 0.15) is 39.7 Å². The number of hydrogen-bond donors (Lipinski definition) is 2. The summed E-state index contributed by atoms with van der Waals surface area (Å²) in [5, 5.41) is 12.6. The Bertz CT molecular complexity index is 493. The van der Waals surface area contributed by atoms with E-state index in [1.165, 1.54) is 0 Å². The molecular formula is C17H25NO4. The number of Topliss-reactive ketones (excluding diaryl/α,β-unsaturated/α-hetero) is 1. The number of ether oxygens (including phenoxy) is 1. The zero-order valence-corrected chi connectivity index (χ0v) is 13.6. The molecular weight excluding hydrogens is 282 g/mol. The van der Waals surface area contributed by atoms with Gasteiger partial charge < -0.3 is 15.2 Å². The van der Waals surface area contributed by atoms with Crippen molar-refractivity contribution < 1.29 is 19.4 Å². The Kier molecular flexibility index (Phi) is 6.56. The molecule has 122 valence electrons. The van der Waals surface area contributed by atoms with Crippen LogP contribution in [0.15, 0.2) is 30.3 Å². The summed E-state index contributed by atoms with van der Waals surface area (Å²) in [6.45, 7) is 6.93. The first kappa shape index (κ1) is 18.2. The van der Waals surface area contributed by atoms with E-state index in [1.54, 1.807) is 27.7 Å². The van der Waals surface area contributed by atoms with Crippen molar-refractivity contribution in [2.24, 2.45) is 0 Å². The predicted molar refractivity (Wildman–Crippen MR) is 84.6 cm³/mol. The molecule has 0 bridgehead atoms. The summed E-state index contributed by atoms with van der Waals surface area (Å²) in [7, 11) is 0. The van der Waals surface area contributed by atoms with E-state index < -0.39 is 23.8 Å². The van der Waals surface area contributed by atoms with Crippen LogP contribution >= 0.6 is 0 Å². The van der Waals surface area contributed by atoms with Crippen molar-refractivity contribution in [3.05, 3.63) is 35.9 Å². The van der Waals surface area contributed by atoms with Gasteiger partial charge in [-0.2, -0.15) is 0 Å². The Hall–Kier alpha value is -1.88. The van der Waals surface area contributed by atoms with Gasteiger partial charge in [-0.1, -0.05) is 30.3 Å². The topological polar surface area (TPSA) is 75.6 Å². The smallest absolute Gasteiger partial charge is 0.407 e. The monoisotopic (exact) mass is 307 g/mol. The fourth-order valence-corrected chi connectivity index (χ4v) is 1.90. The molecule has 0 heterocycles. The SMILES string of the molecule is C[C@H](NC(=O)OC(C)(C)C)[C@@H](O)CC(=O)Cc1ccccc1. The molecule has 2 N–H and O–H groups in total. The minimum atomic E-state index is -0.941. The molecule has 0 saturated heterocycles. The Labute approximate surface area is 131 Å². The van der Waals surface area contributed by atoms with Crippen molar-refractivity contribution in [2.45, 2.75) is 58.3 Å². The molecule has 5 heteroatoms. The van der Waals surface area contributed by atoms with Gasteiger partial charge in [0, 0.05) is 12.8 Å². The molecule has 1 aromatic carbocycles. The third-order valence-electron chi connectivity index (χ3n) is 3.00. The van der Waals surface area contributed by atoms with E-state index in [4.69, 9.17) is 4.74 Å². The van der Waals surface area contributed by atoms with E-state index in [0.717, 1.165) is 5.56 Å². The van der Waals surface area contributed by atoms with Crippen molar-refractivity contribution >= 4 is 11.9 Å². The van der Waals surface area contributed by atoms with E-state index in [2.05, 4.69) is 5.32 Å². The number of amides is 1. The predicted octanol–water partition coefficient (Wildman–Crippen LogP) is 2.46. The van der Waals surface area contributed by atoms with Crippen LogP contribution < -0.4 is 5.32 Å². The van der Waals surface area contributed by atoms with E-state index in [9.17, 15) is 14.7 Å². The molecule has 0 unspecified atom stereocenters. The third kappa shape index (κ3) is 7.22. The minimum absolute atomic E-state index is 0.00808. The van der Waals surface area contributed by atoms with Gasteiger partial charge in [-0.05, 0) is 33.3 Å². The number of aliphatic hydroxyl groups is 1. The molecule has 0 spiro atoms. The zero-order valence-electron chi connectivity index (χ0n) is 13.6. The number of nitrogens with one attached hydrogen (secondary N) is 1. The van der Waals surface area contributed by atoms with Crippen molar-refractivity contribution in [2.75, 3.05) is 0 Å².